The molecule has 0 amide bonds. The van der Waals surface area contributed by atoms with Crippen LogP contribution in [0.15, 0.2) is 18.2 Å². The fourth-order valence-electron chi connectivity index (χ4n) is 1.68. The molecule has 0 fully saturated rings. The van der Waals surface area contributed by atoms with Gasteiger partial charge in [-0.05, 0) is 39.0 Å². The van der Waals surface area contributed by atoms with Crippen molar-refractivity contribution in [3.63, 3.8) is 0 Å². The number of esters is 2. The summed E-state index contributed by atoms with van der Waals surface area (Å²) in [5, 5.41) is 0.279. The second-order valence-electron chi connectivity index (χ2n) is 5.52. The molecular weight excluding hydrogens is 306 g/mol. The molecule has 0 saturated heterocycles. The van der Waals surface area contributed by atoms with Gasteiger partial charge in [0, 0.05) is 0 Å². The lowest BCUT2D eigenvalue weighted by Crippen LogP contribution is -2.27. The van der Waals surface area contributed by atoms with E-state index in [4.69, 9.17) is 9.47 Å². The quantitative estimate of drug-likeness (QED) is 0.805. The summed E-state index contributed by atoms with van der Waals surface area (Å²) >= 11 is 1.21. The first-order chi connectivity index (χ1) is 10.3. The highest BCUT2D eigenvalue weighted by Crippen LogP contribution is 2.26. The minimum absolute atomic E-state index is 0.175. The van der Waals surface area contributed by atoms with Crippen molar-refractivity contribution in [2.75, 3.05) is 13.7 Å². The smallest absolute Gasteiger partial charge is 0.367 e. The number of benzene rings is 1. The number of carbonyl (C=O) groups is 2. The van der Waals surface area contributed by atoms with E-state index in [0.717, 1.165) is 4.70 Å². The van der Waals surface area contributed by atoms with Crippen molar-refractivity contribution < 1.29 is 23.8 Å². The van der Waals surface area contributed by atoms with Crippen LogP contribution < -0.4 is 4.74 Å². The van der Waals surface area contributed by atoms with Crippen LogP contribution in [0.25, 0.3) is 10.2 Å². The molecule has 0 atom stereocenters. The van der Waals surface area contributed by atoms with Gasteiger partial charge in [0.1, 0.15) is 11.4 Å². The van der Waals surface area contributed by atoms with E-state index in [0.29, 0.717) is 11.3 Å². The molecule has 6 nitrogen and oxygen atoms in total. The molecule has 0 aliphatic rings. The summed E-state index contributed by atoms with van der Waals surface area (Å²) in [6.07, 6.45) is 0. The number of rotatable bonds is 4. The summed E-state index contributed by atoms with van der Waals surface area (Å²) in [6.45, 7) is 5.21. The lowest BCUT2D eigenvalue weighted by molar-refractivity contribution is -0.157. The van der Waals surface area contributed by atoms with Gasteiger partial charge in [0.2, 0.25) is 5.01 Å². The molecule has 1 aromatic carbocycles. The number of nitrogens with zero attached hydrogens (tertiary/aromatic N) is 1. The molecule has 0 spiro atoms. The second kappa shape index (κ2) is 6.31. The molecule has 0 bridgehead atoms. The van der Waals surface area contributed by atoms with Gasteiger partial charge in [-0.3, -0.25) is 0 Å². The monoisotopic (exact) mass is 323 g/mol. The number of carbonyl (C=O) groups excluding carboxylic acids is 2. The Labute approximate surface area is 132 Å². The number of hydrogen-bond donors (Lipinski definition) is 0. The van der Waals surface area contributed by atoms with Crippen molar-refractivity contribution in [3.05, 3.63) is 23.2 Å². The Hall–Kier alpha value is -2.15. The van der Waals surface area contributed by atoms with Crippen molar-refractivity contribution in [2.45, 2.75) is 26.4 Å². The summed E-state index contributed by atoms with van der Waals surface area (Å²) in [5.74, 6) is -0.400. The van der Waals surface area contributed by atoms with Gasteiger partial charge in [-0.2, -0.15) is 0 Å². The number of ether oxygens (including phenoxy) is 3. The molecule has 1 aromatic heterocycles. The van der Waals surface area contributed by atoms with E-state index in [2.05, 4.69) is 9.72 Å². The van der Waals surface area contributed by atoms with Crippen LogP contribution in [0.4, 0.5) is 0 Å². The molecule has 1 heterocycles. The van der Waals surface area contributed by atoms with Gasteiger partial charge in [-0.15, -0.1) is 11.3 Å². The Balaban J connectivity index is 2.06. The molecule has 22 heavy (non-hydrogen) atoms. The van der Waals surface area contributed by atoms with E-state index >= 15 is 0 Å². The van der Waals surface area contributed by atoms with E-state index in [9.17, 15) is 9.59 Å². The normalized spacial score (nSPS) is 11.3. The third-order valence-corrected chi connectivity index (χ3v) is 3.49. The van der Waals surface area contributed by atoms with E-state index < -0.39 is 17.5 Å². The highest BCUT2D eigenvalue weighted by Gasteiger charge is 2.17. The van der Waals surface area contributed by atoms with Crippen LogP contribution in [0.2, 0.25) is 0 Å². The molecule has 0 saturated carbocycles. The van der Waals surface area contributed by atoms with Gasteiger partial charge in [-0.1, -0.05) is 0 Å². The minimum atomic E-state index is -0.544. The van der Waals surface area contributed by atoms with E-state index in [1.165, 1.54) is 18.4 Å². The van der Waals surface area contributed by atoms with Crippen molar-refractivity contribution in [1.29, 1.82) is 0 Å². The molecule has 0 N–H and O–H groups in total. The number of aromatic nitrogens is 1. The van der Waals surface area contributed by atoms with Gasteiger partial charge < -0.3 is 14.2 Å². The van der Waals surface area contributed by atoms with Crippen LogP contribution in [-0.4, -0.2) is 36.2 Å². The zero-order chi connectivity index (χ0) is 16.3. The third-order valence-electron chi connectivity index (χ3n) is 2.50. The number of methoxy groups -OCH3 is 1. The fraction of sp³-hybridized carbons (Fsp3) is 0.400. The van der Waals surface area contributed by atoms with Gasteiger partial charge in [0.25, 0.3) is 0 Å². The Morgan fingerprint density at radius 1 is 1.27 bits per heavy atom. The van der Waals surface area contributed by atoms with Crippen LogP contribution >= 0.6 is 11.3 Å². The predicted molar refractivity (Wildman–Crippen MR) is 82.3 cm³/mol. The first-order valence-electron chi connectivity index (χ1n) is 6.62. The summed E-state index contributed by atoms with van der Waals surface area (Å²) in [4.78, 5) is 27.2. The van der Waals surface area contributed by atoms with E-state index in [-0.39, 0.29) is 11.6 Å². The van der Waals surface area contributed by atoms with Gasteiger partial charge in [0.15, 0.2) is 6.61 Å². The largest absolute Gasteiger partial charge is 0.482 e. The van der Waals surface area contributed by atoms with Crippen molar-refractivity contribution in [2.24, 2.45) is 0 Å². The van der Waals surface area contributed by atoms with Crippen LogP contribution in [0.5, 0.6) is 5.75 Å². The van der Waals surface area contributed by atoms with Crippen LogP contribution in [-0.2, 0) is 14.3 Å². The van der Waals surface area contributed by atoms with Crippen molar-refractivity contribution in [3.8, 4) is 5.75 Å². The average Bonchev–Trinajstić information content (AvgIpc) is 2.85. The maximum absolute atomic E-state index is 11.6. The highest BCUT2D eigenvalue weighted by atomic mass is 32.1. The molecule has 7 heteroatoms. The molecule has 0 aliphatic carbocycles. The Bertz CT molecular complexity index is 702. The molecule has 0 radical (unpaired) electrons. The van der Waals surface area contributed by atoms with Gasteiger partial charge in [0.05, 0.1) is 17.3 Å². The standard InChI is InChI=1S/C15H17NO5S/c1-15(2,3)21-12(17)8-20-9-5-6-10-11(7-9)22-13(16-10)14(18)19-4/h5-7H,8H2,1-4H3. The van der Waals surface area contributed by atoms with E-state index in [1.807, 2.05) is 0 Å². The molecule has 0 aliphatic heterocycles. The average molecular weight is 323 g/mol. The van der Waals surface area contributed by atoms with Crippen molar-refractivity contribution in [1.82, 2.24) is 4.98 Å². The fourth-order valence-corrected chi connectivity index (χ4v) is 2.59. The topological polar surface area (TPSA) is 74.7 Å². The molecule has 0 unspecified atom stereocenters. The van der Waals surface area contributed by atoms with Crippen LogP contribution in [0.3, 0.4) is 0 Å². The molecular formula is C15H17NO5S. The Kier molecular flexibility index (Phi) is 4.65. The summed E-state index contributed by atoms with van der Waals surface area (Å²) in [5.41, 5.74) is 0.132. The maximum Gasteiger partial charge on any atom is 0.367 e. The first kappa shape index (κ1) is 16.2. The molecule has 2 aromatic rings. The first-order valence-corrected chi connectivity index (χ1v) is 7.44. The highest BCUT2D eigenvalue weighted by molar-refractivity contribution is 7.20. The number of fused-ring (bicyclic) bond motifs is 1. The van der Waals surface area contributed by atoms with Gasteiger partial charge >= 0.3 is 11.9 Å². The maximum atomic E-state index is 11.6. The van der Waals surface area contributed by atoms with Gasteiger partial charge in [-0.25, -0.2) is 14.6 Å². The molecule has 118 valence electrons. The lowest BCUT2D eigenvalue weighted by Gasteiger charge is -2.19. The lowest BCUT2D eigenvalue weighted by atomic mass is 10.2. The Morgan fingerprint density at radius 3 is 2.64 bits per heavy atom. The predicted octanol–water partition coefficient (Wildman–Crippen LogP) is 2.80. The van der Waals surface area contributed by atoms with Crippen LogP contribution in [0.1, 0.15) is 30.6 Å². The summed E-state index contributed by atoms with van der Waals surface area (Å²) < 4.78 is 16.0. The third kappa shape index (κ3) is 4.17. The Morgan fingerprint density at radius 2 is 2.00 bits per heavy atom. The summed E-state index contributed by atoms with van der Waals surface area (Å²) in [7, 11) is 1.31. The van der Waals surface area contributed by atoms with Crippen LogP contribution in [0, 0.1) is 0 Å². The second-order valence-corrected chi connectivity index (χ2v) is 6.55. The SMILES string of the molecule is COC(=O)c1nc2ccc(OCC(=O)OC(C)(C)C)cc2s1. The number of hydrogen-bond acceptors (Lipinski definition) is 7. The molecule has 2 rings (SSSR count). The number of thiazole rings is 1. The zero-order valence-corrected chi connectivity index (χ0v) is 13.7. The zero-order valence-electron chi connectivity index (χ0n) is 12.8. The van der Waals surface area contributed by atoms with E-state index in [1.54, 1.807) is 39.0 Å². The minimum Gasteiger partial charge on any atom is -0.482 e. The van der Waals surface area contributed by atoms with Crippen molar-refractivity contribution >= 4 is 33.5 Å². The summed E-state index contributed by atoms with van der Waals surface area (Å²) in [6, 6.07) is 5.14.